The van der Waals surface area contributed by atoms with Crippen LogP contribution in [0.3, 0.4) is 0 Å². The summed E-state index contributed by atoms with van der Waals surface area (Å²) in [5.74, 6) is -2.19. The van der Waals surface area contributed by atoms with E-state index in [2.05, 4.69) is 37.8 Å². The number of fused-ring (bicyclic) bond motifs is 5. The van der Waals surface area contributed by atoms with E-state index in [0.717, 1.165) is 11.1 Å². The number of nitrogens with one attached hydrogen (secondary N) is 4. The lowest BCUT2D eigenvalue weighted by Gasteiger charge is -2.32. The number of ether oxygens (including phenoxy) is 2. The van der Waals surface area contributed by atoms with Gasteiger partial charge in [-0.15, -0.1) is 0 Å². The summed E-state index contributed by atoms with van der Waals surface area (Å²) in [4.78, 5) is 80.7. The Morgan fingerprint density at radius 2 is 1.55 bits per heavy atom. The highest BCUT2D eigenvalue weighted by Gasteiger charge is 2.36. The van der Waals surface area contributed by atoms with E-state index in [1.54, 1.807) is 56.3 Å². The molecular weight excluding hydrogens is 819 g/mol. The van der Waals surface area contributed by atoms with Crippen LogP contribution in [-0.2, 0) is 25.6 Å². The third kappa shape index (κ3) is 11.4. The summed E-state index contributed by atoms with van der Waals surface area (Å²) < 4.78 is 12.2. The van der Waals surface area contributed by atoms with E-state index < -0.39 is 53.7 Å². The Morgan fingerprint density at radius 3 is 2.14 bits per heavy atom. The van der Waals surface area contributed by atoms with Crippen molar-refractivity contribution in [2.75, 3.05) is 46.4 Å². The van der Waals surface area contributed by atoms with E-state index in [1.807, 2.05) is 30.3 Å². The van der Waals surface area contributed by atoms with Crippen molar-refractivity contribution in [2.24, 2.45) is 17.2 Å². The van der Waals surface area contributed by atoms with E-state index >= 15 is 0 Å². The summed E-state index contributed by atoms with van der Waals surface area (Å²) in [6.45, 7) is 8.92. The molecule has 1 aromatic heterocycles. The van der Waals surface area contributed by atoms with E-state index in [0.29, 0.717) is 51.0 Å². The monoisotopic (exact) mass is 873 g/mol. The maximum Gasteiger partial charge on any atom is 0.255 e. The Hall–Kier alpha value is -7.20. The Labute approximate surface area is 372 Å². The highest BCUT2D eigenvalue weighted by Crippen LogP contribution is 2.40. The van der Waals surface area contributed by atoms with Crippen LogP contribution in [0.25, 0.3) is 28.6 Å². The molecule has 0 radical (unpaired) electrons. The predicted molar refractivity (Wildman–Crippen MR) is 240 cm³/mol. The standard InChI is InChI=1S/C46H55N11O7/c1-6-29-7-10-31(11-8-29)41-52-26(2)39(27(3)53-41)44(60)55-35(15-16-47)46(62)57(5)40-32-12-14-38(64-22-19-50)34(25-32)33-23-30(9-13-37(33)63-21-18-49)24-36(43(59)51-20-17-48)56-42(58)28(4)54-45(40)61/h6-14,23,25,28,35-36,40H,1,15-16,18-22,24,47,49-50H2,2-5H3,(H,51,59)(H,54,61)(H,55,60)(H,56,58)/t28-,35-,36-,40-/m0/s1. The van der Waals surface area contributed by atoms with Gasteiger partial charge in [0.25, 0.3) is 5.91 Å². The molecule has 1 aliphatic heterocycles. The van der Waals surface area contributed by atoms with Gasteiger partial charge in [-0.2, -0.15) is 5.26 Å². The number of aromatic nitrogens is 2. The molecule has 4 aromatic rings. The van der Waals surface area contributed by atoms with Crippen molar-refractivity contribution in [3.63, 3.8) is 0 Å². The molecule has 18 heteroatoms. The lowest BCUT2D eigenvalue weighted by Crippen LogP contribution is -2.56. The number of aryl methyl sites for hydroxylation is 2. The first kappa shape index (κ1) is 47.8. The predicted octanol–water partition coefficient (Wildman–Crippen LogP) is 1.58. The van der Waals surface area contributed by atoms with Crippen LogP contribution in [0.2, 0.25) is 0 Å². The molecule has 1 aliphatic rings. The molecule has 18 nitrogen and oxygen atoms in total. The SMILES string of the molecule is C=Cc1ccc(-c2nc(C)c(C(=O)N[C@@H](CCN)C(=O)N(C)[C@@H]3C(=O)N[C@@H](C)C(=O)N[C@H](C(=O)NCC#N)Cc4ccc(OCCN)c(c4)-c4cc3ccc4OCCN)c(C)n2)cc1. The maximum absolute atomic E-state index is 14.7. The topological polar surface area (TPSA) is 283 Å². The zero-order valence-electron chi connectivity index (χ0n) is 36.4. The number of rotatable bonds is 16. The van der Waals surface area contributed by atoms with Crippen LogP contribution in [0.5, 0.6) is 11.5 Å². The fourth-order valence-corrected chi connectivity index (χ4v) is 7.30. The fraction of sp³-hybridized carbons (Fsp3) is 0.348. The minimum absolute atomic E-state index is 0.000157. The normalized spacial score (nSPS) is 16.4. The van der Waals surface area contributed by atoms with Gasteiger partial charge in [0, 0.05) is 43.2 Å². The number of carbonyl (C=O) groups is 5. The smallest absolute Gasteiger partial charge is 0.255 e. The fourth-order valence-electron chi connectivity index (χ4n) is 7.30. The molecule has 0 spiro atoms. The number of benzene rings is 3. The minimum atomic E-state index is -1.41. The summed E-state index contributed by atoms with van der Waals surface area (Å²) in [6, 6.07) is 14.5. The summed E-state index contributed by atoms with van der Waals surface area (Å²) in [6.07, 6.45) is 1.72. The maximum atomic E-state index is 14.7. The zero-order chi connectivity index (χ0) is 46.5. The average Bonchev–Trinajstić information content (AvgIpc) is 3.28. The van der Waals surface area contributed by atoms with E-state index in [9.17, 15) is 24.0 Å². The first-order chi connectivity index (χ1) is 30.7. The van der Waals surface area contributed by atoms with Crippen molar-refractivity contribution in [1.82, 2.24) is 36.1 Å². The molecule has 4 bridgehead atoms. The second-order valence-corrected chi connectivity index (χ2v) is 15.1. The molecule has 3 aromatic carbocycles. The van der Waals surface area contributed by atoms with Crippen LogP contribution in [0.15, 0.2) is 67.2 Å². The van der Waals surface area contributed by atoms with Crippen LogP contribution in [-0.4, -0.2) is 109 Å². The van der Waals surface area contributed by atoms with Gasteiger partial charge in [0.1, 0.15) is 55.4 Å². The Balaban J connectivity index is 1.58. The highest BCUT2D eigenvalue weighted by atomic mass is 16.5. The first-order valence-electron chi connectivity index (χ1n) is 20.8. The third-order valence-corrected chi connectivity index (χ3v) is 10.5. The van der Waals surface area contributed by atoms with Crippen LogP contribution < -0.4 is 47.9 Å². The molecule has 0 saturated heterocycles. The molecule has 0 saturated carbocycles. The molecule has 0 aliphatic carbocycles. The Kier molecular flexibility index (Phi) is 16.6. The lowest BCUT2D eigenvalue weighted by molar-refractivity contribution is -0.141. The molecular formula is C46H55N11O7. The lowest BCUT2D eigenvalue weighted by atomic mass is 9.93. The van der Waals surface area contributed by atoms with Gasteiger partial charge in [0.2, 0.25) is 23.6 Å². The van der Waals surface area contributed by atoms with Crippen molar-refractivity contribution < 1.29 is 33.4 Å². The summed E-state index contributed by atoms with van der Waals surface area (Å²) in [5, 5.41) is 19.9. The summed E-state index contributed by atoms with van der Waals surface area (Å²) >= 11 is 0. The number of hydrogen-bond donors (Lipinski definition) is 7. The zero-order valence-corrected chi connectivity index (χ0v) is 36.4. The number of carbonyl (C=O) groups excluding carboxylic acids is 5. The second-order valence-electron chi connectivity index (χ2n) is 15.1. The minimum Gasteiger partial charge on any atom is -0.492 e. The average molecular weight is 874 g/mol. The molecule has 2 heterocycles. The van der Waals surface area contributed by atoms with Crippen molar-refractivity contribution in [2.45, 2.75) is 57.8 Å². The quantitative estimate of drug-likeness (QED) is 0.0789. The highest BCUT2D eigenvalue weighted by molar-refractivity contribution is 6.00. The number of hydrogen-bond acceptors (Lipinski definition) is 13. The summed E-state index contributed by atoms with van der Waals surface area (Å²) in [7, 11) is 1.41. The van der Waals surface area contributed by atoms with Gasteiger partial charge >= 0.3 is 0 Å². The van der Waals surface area contributed by atoms with Crippen molar-refractivity contribution in [3.8, 4) is 40.1 Å². The number of amides is 5. The van der Waals surface area contributed by atoms with E-state index in [4.69, 9.17) is 31.9 Å². The van der Waals surface area contributed by atoms with Crippen molar-refractivity contribution in [3.05, 3.63) is 101 Å². The number of likely N-dealkylation sites (N-methyl/N-ethyl adjacent to an activating group) is 1. The van der Waals surface area contributed by atoms with Crippen molar-refractivity contribution >= 4 is 35.6 Å². The largest absolute Gasteiger partial charge is 0.492 e. The molecule has 336 valence electrons. The van der Waals surface area contributed by atoms with E-state index in [-0.39, 0.29) is 57.8 Å². The Bertz CT molecular complexity index is 2390. The van der Waals surface area contributed by atoms with Crippen LogP contribution in [0.4, 0.5) is 0 Å². The Morgan fingerprint density at radius 1 is 0.922 bits per heavy atom. The molecule has 4 atom stereocenters. The van der Waals surface area contributed by atoms with Gasteiger partial charge in [-0.05, 0) is 74.7 Å². The van der Waals surface area contributed by atoms with Crippen LogP contribution >= 0.6 is 0 Å². The van der Waals surface area contributed by atoms with Gasteiger partial charge in [0.15, 0.2) is 5.82 Å². The first-order valence-corrected chi connectivity index (χ1v) is 20.8. The molecule has 64 heavy (non-hydrogen) atoms. The number of nitrogens with two attached hydrogens (primary N) is 3. The van der Waals surface area contributed by atoms with Gasteiger partial charge in [-0.1, -0.05) is 49.1 Å². The molecule has 0 unspecified atom stereocenters. The third-order valence-electron chi connectivity index (χ3n) is 10.5. The number of nitriles is 1. The van der Waals surface area contributed by atoms with Gasteiger partial charge in [0.05, 0.1) is 23.0 Å². The van der Waals surface area contributed by atoms with Gasteiger partial charge in [-0.25, -0.2) is 9.97 Å². The molecule has 5 amide bonds. The number of nitrogens with zero attached hydrogens (tertiary/aromatic N) is 4. The molecule has 10 N–H and O–H groups in total. The van der Waals surface area contributed by atoms with E-state index in [1.165, 1.54) is 18.9 Å². The van der Waals surface area contributed by atoms with Crippen molar-refractivity contribution in [1.29, 1.82) is 5.26 Å². The van der Waals surface area contributed by atoms with Gasteiger partial charge in [-0.3, -0.25) is 24.0 Å². The van der Waals surface area contributed by atoms with Gasteiger partial charge < -0.3 is 52.8 Å². The van der Waals surface area contributed by atoms with Crippen LogP contribution in [0, 0.1) is 25.2 Å². The molecule has 0 fully saturated rings. The van der Waals surface area contributed by atoms with Crippen LogP contribution in [0.1, 0.15) is 57.8 Å². The molecule has 5 rings (SSSR count). The second kappa shape index (κ2) is 22.2. The summed E-state index contributed by atoms with van der Waals surface area (Å²) in [5.41, 5.74) is 22.1.